The standard InChI is InChI=1S/C14H25N3S/c1-3-8-17-11-15-9-12(17)10-16-13-6-4-5-7-14(13)18-2/h9,11,13-14,16H,3-8,10H2,1-2H3. The van der Waals surface area contributed by atoms with Crippen molar-refractivity contribution >= 4 is 11.8 Å². The van der Waals surface area contributed by atoms with Crippen molar-refractivity contribution in [2.45, 2.75) is 63.4 Å². The van der Waals surface area contributed by atoms with Gasteiger partial charge in [-0.1, -0.05) is 19.8 Å². The Bertz CT molecular complexity index is 351. The molecule has 0 radical (unpaired) electrons. The molecule has 102 valence electrons. The molecule has 2 rings (SSSR count). The quantitative estimate of drug-likeness (QED) is 0.859. The van der Waals surface area contributed by atoms with E-state index in [2.05, 4.69) is 28.0 Å². The maximum Gasteiger partial charge on any atom is 0.0948 e. The van der Waals surface area contributed by atoms with Gasteiger partial charge in [-0.3, -0.25) is 0 Å². The van der Waals surface area contributed by atoms with Crippen LogP contribution in [0.3, 0.4) is 0 Å². The molecule has 4 heteroatoms. The van der Waals surface area contributed by atoms with E-state index in [4.69, 9.17) is 0 Å². The summed E-state index contributed by atoms with van der Waals surface area (Å²) >= 11 is 2.02. The monoisotopic (exact) mass is 267 g/mol. The highest BCUT2D eigenvalue weighted by Gasteiger charge is 2.23. The van der Waals surface area contributed by atoms with Crippen molar-refractivity contribution in [3.05, 3.63) is 18.2 Å². The largest absolute Gasteiger partial charge is 0.333 e. The summed E-state index contributed by atoms with van der Waals surface area (Å²) < 4.78 is 2.27. The number of imidazole rings is 1. The first-order chi connectivity index (χ1) is 8.85. The van der Waals surface area contributed by atoms with E-state index in [1.54, 1.807) is 0 Å². The van der Waals surface area contributed by atoms with Gasteiger partial charge in [-0.15, -0.1) is 0 Å². The molecule has 1 aromatic heterocycles. The highest BCUT2D eigenvalue weighted by atomic mass is 32.2. The van der Waals surface area contributed by atoms with Gasteiger partial charge < -0.3 is 9.88 Å². The molecule has 1 aliphatic carbocycles. The summed E-state index contributed by atoms with van der Waals surface area (Å²) in [5.74, 6) is 0. The van der Waals surface area contributed by atoms with Crippen LogP contribution in [0.5, 0.6) is 0 Å². The van der Waals surface area contributed by atoms with E-state index < -0.39 is 0 Å². The topological polar surface area (TPSA) is 29.9 Å². The third-order valence-electron chi connectivity index (χ3n) is 3.81. The molecule has 1 aliphatic rings. The van der Waals surface area contributed by atoms with E-state index in [0.29, 0.717) is 6.04 Å². The molecule has 0 saturated heterocycles. The maximum absolute atomic E-state index is 4.26. The molecule has 1 saturated carbocycles. The number of rotatable bonds is 6. The molecule has 1 N–H and O–H groups in total. The highest BCUT2D eigenvalue weighted by molar-refractivity contribution is 7.99. The summed E-state index contributed by atoms with van der Waals surface area (Å²) in [6, 6.07) is 0.679. The molecule has 2 atom stereocenters. The number of nitrogens with zero attached hydrogens (tertiary/aromatic N) is 2. The van der Waals surface area contributed by atoms with Gasteiger partial charge in [-0.05, 0) is 25.5 Å². The second-order valence-corrected chi connectivity index (χ2v) is 6.20. The van der Waals surface area contributed by atoms with Gasteiger partial charge in [0, 0.05) is 30.6 Å². The molecule has 1 aromatic rings. The molecule has 18 heavy (non-hydrogen) atoms. The first-order valence-corrected chi connectivity index (χ1v) is 8.39. The summed E-state index contributed by atoms with van der Waals surface area (Å²) in [5.41, 5.74) is 1.32. The summed E-state index contributed by atoms with van der Waals surface area (Å²) in [6.07, 6.45) is 12.8. The average Bonchev–Trinajstić information content (AvgIpc) is 2.84. The Kier molecular flexibility index (Phi) is 5.57. The van der Waals surface area contributed by atoms with Crippen LogP contribution in [0, 0.1) is 0 Å². The number of aromatic nitrogens is 2. The fourth-order valence-electron chi connectivity index (χ4n) is 2.79. The summed E-state index contributed by atoms with van der Waals surface area (Å²) in [5, 5.41) is 4.54. The highest BCUT2D eigenvalue weighted by Crippen LogP contribution is 2.27. The van der Waals surface area contributed by atoms with Crippen LogP contribution in [-0.2, 0) is 13.1 Å². The van der Waals surface area contributed by atoms with E-state index in [-0.39, 0.29) is 0 Å². The zero-order valence-corrected chi connectivity index (χ0v) is 12.4. The van der Waals surface area contributed by atoms with Crippen molar-refractivity contribution in [2.24, 2.45) is 0 Å². The molecule has 0 aliphatic heterocycles. The second kappa shape index (κ2) is 7.19. The molecule has 1 fully saturated rings. The molecule has 0 aromatic carbocycles. The summed E-state index contributed by atoms with van der Waals surface area (Å²) in [7, 11) is 0. The van der Waals surface area contributed by atoms with E-state index in [9.17, 15) is 0 Å². The maximum atomic E-state index is 4.26. The average molecular weight is 267 g/mol. The van der Waals surface area contributed by atoms with Crippen LogP contribution >= 0.6 is 11.8 Å². The predicted molar refractivity (Wildman–Crippen MR) is 78.9 cm³/mol. The first-order valence-electron chi connectivity index (χ1n) is 7.10. The minimum absolute atomic E-state index is 0.679. The lowest BCUT2D eigenvalue weighted by Gasteiger charge is -2.31. The number of aryl methyl sites for hydroxylation is 1. The Morgan fingerprint density at radius 3 is 3.06 bits per heavy atom. The Labute approximate surface area is 115 Å². The first kappa shape index (κ1) is 13.9. The molecule has 3 nitrogen and oxygen atoms in total. The lowest BCUT2D eigenvalue weighted by Crippen LogP contribution is -2.40. The molecule has 0 bridgehead atoms. The van der Waals surface area contributed by atoms with Crippen LogP contribution in [0.2, 0.25) is 0 Å². The van der Waals surface area contributed by atoms with Crippen LogP contribution in [-0.4, -0.2) is 27.1 Å². The van der Waals surface area contributed by atoms with Gasteiger partial charge in [0.1, 0.15) is 0 Å². The van der Waals surface area contributed by atoms with Gasteiger partial charge in [0.15, 0.2) is 0 Å². The van der Waals surface area contributed by atoms with Crippen molar-refractivity contribution in [3.63, 3.8) is 0 Å². The summed E-state index contributed by atoms with van der Waals surface area (Å²) in [6.45, 7) is 4.25. The number of hydrogen-bond donors (Lipinski definition) is 1. The fraction of sp³-hybridized carbons (Fsp3) is 0.786. The molecule has 1 heterocycles. The van der Waals surface area contributed by atoms with Crippen LogP contribution in [0.25, 0.3) is 0 Å². The Morgan fingerprint density at radius 1 is 1.44 bits per heavy atom. The fourth-order valence-corrected chi connectivity index (χ4v) is 3.75. The third kappa shape index (κ3) is 3.51. The lowest BCUT2D eigenvalue weighted by molar-refractivity contribution is 0.379. The van der Waals surface area contributed by atoms with Crippen molar-refractivity contribution in [3.8, 4) is 0 Å². The van der Waals surface area contributed by atoms with Crippen LogP contribution in [0.4, 0.5) is 0 Å². The Hall–Kier alpha value is -0.480. The van der Waals surface area contributed by atoms with Gasteiger partial charge in [0.2, 0.25) is 0 Å². The smallest absolute Gasteiger partial charge is 0.0948 e. The molecule has 2 unspecified atom stereocenters. The van der Waals surface area contributed by atoms with E-state index >= 15 is 0 Å². The van der Waals surface area contributed by atoms with Crippen molar-refractivity contribution in [2.75, 3.05) is 6.26 Å². The second-order valence-electron chi connectivity index (χ2n) is 5.12. The van der Waals surface area contributed by atoms with Gasteiger partial charge in [0.05, 0.1) is 12.0 Å². The SMILES string of the molecule is CCCn1cncc1CNC1CCCCC1SC. The van der Waals surface area contributed by atoms with E-state index in [0.717, 1.165) is 18.3 Å². The number of thioether (sulfide) groups is 1. The van der Waals surface area contributed by atoms with Crippen LogP contribution in [0.1, 0.15) is 44.7 Å². The Morgan fingerprint density at radius 2 is 2.28 bits per heavy atom. The molecular weight excluding hydrogens is 242 g/mol. The van der Waals surface area contributed by atoms with Gasteiger partial charge in [-0.25, -0.2) is 4.98 Å². The third-order valence-corrected chi connectivity index (χ3v) is 4.98. The van der Waals surface area contributed by atoms with Gasteiger partial charge in [-0.2, -0.15) is 11.8 Å². The predicted octanol–water partition coefficient (Wildman–Crippen LogP) is 3.06. The Balaban J connectivity index is 1.87. The number of hydrogen-bond acceptors (Lipinski definition) is 3. The number of nitrogens with one attached hydrogen (secondary N) is 1. The zero-order chi connectivity index (χ0) is 12.8. The minimum atomic E-state index is 0.679. The minimum Gasteiger partial charge on any atom is -0.333 e. The van der Waals surface area contributed by atoms with Gasteiger partial charge >= 0.3 is 0 Å². The zero-order valence-electron chi connectivity index (χ0n) is 11.6. The normalized spacial score (nSPS) is 24.3. The summed E-state index contributed by atoms with van der Waals surface area (Å²) in [4.78, 5) is 4.26. The van der Waals surface area contributed by atoms with E-state index in [1.165, 1.54) is 37.8 Å². The van der Waals surface area contributed by atoms with Crippen LogP contribution < -0.4 is 5.32 Å². The molecular formula is C14H25N3S. The van der Waals surface area contributed by atoms with Crippen molar-refractivity contribution < 1.29 is 0 Å². The van der Waals surface area contributed by atoms with Crippen LogP contribution in [0.15, 0.2) is 12.5 Å². The van der Waals surface area contributed by atoms with Crippen molar-refractivity contribution in [1.29, 1.82) is 0 Å². The van der Waals surface area contributed by atoms with E-state index in [1.807, 2.05) is 24.3 Å². The molecule has 0 amide bonds. The molecule has 0 spiro atoms. The van der Waals surface area contributed by atoms with Crippen molar-refractivity contribution in [1.82, 2.24) is 14.9 Å². The lowest BCUT2D eigenvalue weighted by atomic mass is 9.95. The van der Waals surface area contributed by atoms with Gasteiger partial charge in [0.25, 0.3) is 0 Å².